The Morgan fingerprint density at radius 1 is 1.33 bits per heavy atom. The van der Waals surface area contributed by atoms with Gasteiger partial charge in [-0.25, -0.2) is 0 Å². The Morgan fingerprint density at radius 2 is 2.04 bits per heavy atom. The molecule has 0 bridgehead atoms. The number of carbonyl (C=O) groups is 1. The van der Waals surface area contributed by atoms with Gasteiger partial charge in [-0.05, 0) is 43.9 Å². The number of alkyl halides is 3. The first-order valence-corrected chi connectivity index (χ1v) is 8.73. The summed E-state index contributed by atoms with van der Waals surface area (Å²) in [6, 6.07) is 5.23. The van der Waals surface area contributed by atoms with Gasteiger partial charge >= 0.3 is 6.18 Å². The molecule has 0 saturated heterocycles. The van der Waals surface area contributed by atoms with Crippen molar-refractivity contribution in [1.29, 1.82) is 0 Å². The number of carbonyl (C=O) groups excluding carboxylic acids is 1. The highest BCUT2D eigenvalue weighted by molar-refractivity contribution is 14.0. The molecule has 0 spiro atoms. The third-order valence-electron chi connectivity index (χ3n) is 4.11. The fourth-order valence-electron chi connectivity index (χ4n) is 2.45. The van der Waals surface area contributed by atoms with Gasteiger partial charge in [0.2, 0.25) is 5.91 Å². The molecule has 1 unspecified atom stereocenters. The van der Waals surface area contributed by atoms with Crippen LogP contribution in [0.15, 0.2) is 29.3 Å². The van der Waals surface area contributed by atoms with Gasteiger partial charge in [0.05, 0.1) is 11.6 Å². The van der Waals surface area contributed by atoms with Crippen LogP contribution in [0.3, 0.4) is 0 Å². The zero-order valence-corrected chi connectivity index (χ0v) is 17.7. The van der Waals surface area contributed by atoms with Crippen LogP contribution in [0.1, 0.15) is 49.8 Å². The Bertz CT molecular complexity index is 648. The van der Waals surface area contributed by atoms with Gasteiger partial charge in [0.15, 0.2) is 5.96 Å². The zero-order chi connectivity index (χ0) is 19.2. The van der Waals surface area contributed by atoms with E-state index < -0.39 is 11.7 Å². The summed E-state index contributed by atoms with van der Waals surface area (Å²) in [4.78, 5) is 15.7. The highest BCUT2D eigenvalue weighted by Crippen LogP contribution is 2.30. The topological polar surface area (TPSA) is 65.5 Å². The molecule has 1 fully saturated rings. The second kappa shape index (κ2) is 10.7. The molecule has 0 radical (unpaired) electrons. The summed E-state index contributed by atoms with van der Waals surface area (Å²) in [5, 5.41) is 9.06. The number of halogens is 4. The lowest BCUT2D eigenvalue weighted by Crippen LogP contribution is -2.39. The monoisotopic (exact) mass is 498 g/mol. The average molecular weight is 498 g/mol. The largest absolute Gasteiger partial charge is 0.416 e. The van der Waals surface area contributed by atoms with Crippen molar-refractivity contribution in [2.45, 2.75) is 50.9 Å². The molecule has 2 rings (SSSR count). The van der Waals surface area contributed by atoms with E-state index in [2.05, 4.69) is 20.9 Å². The lowest BCUT2D eigenvalue weighted by molar-refractivity contribution is -0.137. The molecule has 1 aliphatic carbocycles. The number of amides is 1. The Labute approximate surface area is 174 Å². The van der Waals surface area contributed by atoms with E-state index in [-0.39, 0.29) is 35.9 Å². The fourth-order valence-corrected chi connectivity index (χ4v) is 2.45. The predicted octanol–water partition coefficient (Wildman–Crippen LogP) is 3.61. The van der Waals surface area contributed by atoms with E-state index in [1.54, 1.807) is 20.0 Å². The van der Waals surface area contributed by atoms with Crippen molar-refractivity contribution in [3.8, 4) is 0 Å². The molecule has 3 N–H and O–H groups in total. The summed E-state index contributed by atoms with van der Waals surface area (Å²) < 4.78 is 38.5. The van der Waals surface area contributed by atoms with E-state index >= 15 is 0 Å². The average Bonchev–Trinajstić information content (AvgIpc) is 3.40. The lowest BCUT2D eigenvalue weighted by atomic mass is 10.1. The van der Waals surface area contributed by atoms with Gasteiger partial charge in [0.1, 0.15) is 0 Å². The smallest absolute Gasteiger partial charge is 0.356 e. The van der Waals surface area contributed by atoms with Gasteiger partial charge in [-0.1, -0.05) is 12.1 Å². The molecule has 1 amide bonds. The van der Waals surface area contributed by atoms with Crippen LogP contribution in [-0.2, 0) is 11.0 Å². The molecule has 27 heavy (non-hydrogen) atoms. The molecule has 9 heteroatoms. The molecule has 0 aliphatic heterocycles. The molecule has 1 aromatic rings. The van der Waals surface area contributed by atoms with Crippen LogP contribution in [0.4, 0.5) is 13.2 Å². The second-order valence-electron chi connectivity index (χ2n) is 6.43. The van der Waals surface area contributed by atoms with Crippen LogP contribution in [0, 0.1) is 0 Å². The van der Waals surface area contributed by atoms with E-state index in [0.717, 1.165) is 25.0 Å². The Hall–Kier alpha value is -1.52. The SMILES string of the molecule is CN=C(NCCCC(=O)NC1CC1)NC(C)c1cccc(C(F)(F)F)c1.I. The predicted molar refractivity (Wildman–Crippen MR) is 110 cm³/mol. The van der Waals surface area contributed by atoms with Crippen LogP contribution in [0.25, 0.3) is 0 Å². The molecule has 1 aromatic carbocycles. The molecule has 152 valence electrons. The van der Waals surface area contributed by atoms with E-state index in [4.69, 9.17) is 0 Å². The molecule has 0 heterocycles. The summed E-state index contributed by atoms with van der Waals surface area (Å²) in [7, 11) is 1.59. The minimum absolute atomic E-state index is 0. The minimum atomic E-state index is -4.36. The second-order valence-corrected chi connectivity index (χ2v) is 6.43. The van der Waals surface area contributed by atoms with Crippen LogP contribution in [0.5, 0.6) is 0 Å². The van der Waals surface area contributed by atoms with Crippen molar-refractivity contribution in [2.75, 3.05) is 13.6 Å². The maximum Gasteiger partial charge on any atom is 0.416 e. The van der Waals surface area contributed by atoms with Crippen LogP contribution >= 0.6 is 24.0 Å². The molecular weight excluding hydrogens is 472 g/mol. The molecule has 1 atom stereocenters. The van der Waals surface area contributed by atoms with E-state index in [0.29, 0.717) is 37.0 Å². The van der Waals surface area contributed by atoms with Crippen molar-refractivity contribution in [2.24, 2.45) is 4.99 Å². The van der Waals surface area contributed by atoms with E-state index in [1.807, 2.05) is 0 Å². The summed E-state index contributed by atoms with van der Waals surface area (Å²) in [6.07, 6.45) is -1.15. The molecule has 1 aliphatic rings. The lowest BCUT2D eigenvalue weighted by Gasteiger charge is -2.19. The van der Waals surface area contributed by atoms with Crippen molar-refractivity contribution >= 4 is 35.8 Å². The third-order valence-corrected chi connectivity index (χ3v) is 4.11. The zero-order valence-electron chi connectivity index (χ0n) is 15.4. The summed E-state index contributed by atoms with van der Waals surface area (Å²) >= 11 is 0. The number of hydrogen-bond donors (Lipinski definition) is 3. The van der Waals surface area contributed by atoms with E-state index in [9.17, 15) is 18.0 Å². The highest BCUT2D eigenvalue weighted by atomic mass is 127. The standard InChI is InChI=1S/C18H25F3N4O.HI/c1-12(13-5-3-6-14(11-13)18(19,20)21)24-17(22-2)23-10-4-7-16(26)25-15-8-9-15;/h3,5-6,11-12,15H,4,7-10H2,1-2H3,(H,25,26)(H2,22,23,24);1H. The number of nitrogens with one attached hydrogen (secondary N) is 3. The van der Waals surface area contributed by atoms with Gasteiger partial charge in [0, 0.05) is 26.1 Å². The first-order chi connectivity index (χ1) is 12.3. The Kier molecular flexibility index (Phi) is 9.34. The van der Waals surface area contributed by atoms with E-state index in [1.165, 1.54) is 6.07 Å². The van der Waals surface area contributed by atoms with Crippen LogP contribution in [-0.4, -0.2) is 31.5 Å². The van der Waals surface area contributed by atoms with Gasteiger partial charge in [-0.2, -0.15) is 13.2 Å². The first kappa shape index (κ1) is 23.5. The van der Waals surface area contributed by atoms with Gasteiger partial charge < -0.3 is 16.0 Å². The van der Waals surface area contributed by atoms with Gasteiger partial charge in [-0.3, -0.25) is 9.79 Å². The molecule has 0 aromatic heterocycles. The Balaban J connectivity index is 0.00000364. The first-order valence-electron chi connectivity index (χ1n) is 8.73. The summed E-state index contributed by atoms with van der Waals surface area (Å²) in [6.45, 7) is 2.32. The maximum atomic E-state index is 12.8. The number of aliphatic imine (C=N–C) groups is 1. The van der Waals surface area contributed by atoms with Crippen LogP contribution < -0.4 is 16.0 Å². The summed E-state index contributed by atoms with van der Waals surface area (Å²) in [5.41, 5.74) is -0.153. The normalized spacial score (nSPS) is 15.5. The minimum Gasteiger partial charge on any atom is -0.356 e. The number of benzene rings is 1. The number of guanidine groups is 1. The maximum absolute atomic E-state index is 12.8. The fraction of sp³-hybridized carbons (Fsp3) is 0.556. The highest BCUT2D eigenvalue weighted by Gasteiger charge is 2.30. The summed E-state index contributed by atoms with van der Waals surface area (Å²) in [5.74, 6) is 0.534. The van der Waals surface area contributed by atoms with Crippen molar-refractivity contribution in [3.05, 3.63) is 35.4 Å². The number of nitrogens with zero attached hydrogens (tertiary/aromatic N) is 1. The van der Waals surface area contributed by atoms with Gasteiger partial charge in [0.25, 0.3) is 0 Å². The van der Waals surface area contributed by atoms with Crippen LogP contribution in [0.2, 0.25) is 0 Å². The Morgan fingerprint density at radius 3 is 2.63 bits per heavy atom. The van der Waals surface area contributed by atoms with Crippen molar-refractivity contribution < 1.29 is 18.0 Å². The molecule has 5 nitrogen and oxygen atoms in total. The van der Waals surface area contributed by atoms with Crippen molar-refractivity contribution in [3.63, 3.8) is 0 Å². The third kappa shape index (κ3) is 8.35. The van der Waals surface area contributed by atoms with Gasteiger partial charge in [-0.15, -0.1) is 24.0 Å². The number of hydrogen-bond acceptors (Lipinski definition) is 2. The molecule has 1 saturated carbocycles. The van der Waals surface area contributed by atoms with Crippen molar-refractivity contribution in [1.82, 2.24) is 16.0 Å². The molecular formula is C18H26F3IN4O. The number of rotatable bonds is 7. The quantitative estimate of drug-likeness (QED) is 0.233.